The molecule has 2 amide bonds. The molecule has 0 aliphatic carbocycles. The average Bonchev–Trinajstić information content (AvgIpc) is 3.36. The van der Waals surface area contributed by atoms with Crippen LogP contribution in [0.2, 0.25) is 0 Å². The van der Waals surface area contributed by atoms with Crippen LogP contribution in [0.3, 0.4) is 0 Å². The van der Waals surface area contributed by atoms with E-state index in [4.69, 9.17) is 0 Å². The predicted molar refractivity (Wildman–Crippen MR) is 92.3 cm³/mol. The van der Waals surface area contributed by atoms with Gasteiger partial charge in [0, 0.05) is 31.7 Å². The van der Waals surface area contributed by atoms with Crippen LogP contribution < -0.4 is 5.32 Å². The Hall–Kier alpha value is -3.16. The molecule has 128 valence electrons. The first-order valence-corrected chi connectivity index (χ1v) is 8.24. The van der Waals surface area contributed by atoms with Gasteiger partial charge in [-0.1, -0.05) is 0 Å². The summed E-state index contributed by atoms with van der Waals surface area (Å²) < 4.78 is 3.64. The molecule has 0 unspecified atom stereocenters. The second kappa shape index (κ2) is 6.39. The molecule has 1 atom stereocenters. The summed E-state index contributed by atoms with van der Waals surface area (Å²) in [6.45, 7) is 0.717. The zero-order valence-corrected chi connectivity index (χ0v) is 13.9. The first kappa shape index (κ1) is 15.4. The van der Waals surface area contributed by atoms with Crippen LogP contribution in [0.1, 0.15) is 24.7 Å². The third-order valence-electron chi connectivity index (χ3n) is 4.45. The van der Waals surface area contributed by atoms with Gasteiger partial charge in [0.05, 0.1) is 11.7 Å². The maximum absolute atomic E-state index is 12.7. The maximum Gasteiger partial charge on any atom is 0.322 e. The molecule has 1 N–H and O–H groups in total. The van der Waals surface area contributed by atoms with Gasteiger partial charge in [0.2, 0.25) is 0 Å². The third kappa shape index (κ3) is 2.98. The number of hydrogen-bond acceptors (Lipinski definition) is 4. The van der Waals surface area contributed by atoms with Gasteiger partial charge >= 0.3 is 6.03 Å². The van der Waals surface area contributed by atoms with Crippen molar-refractivity contribution in [1.82, 2.24) is 29.4 Å². The van der Waals surface area contributed by atoms with Crippen molar-refractivity contribution in [3.8, 4) is 5.69 Å². The minimum atomic E-state index is -0.114. The molecule has 3 aromatic rings. The van der Waals surface area contributed by atoms with Crippen molar-refractivity contribution in [3.63, 3.8) is 0 Å². The van der Waals surface area contributed by atoms with Gasteiger partial charge in [-0.3, -0.25) is 0 Å². The van der Waals surface area contributed by atoms with Gasteiger partial charge in [0.25, 0.3) is 0 Å². The molecule has 4 rings (SSSR count). The summed E-state index contributed by atoms with van der Waals surface area (Å²) in [5.41, 5.74) is 1.70. The van der Waals surface area contributed by atoms with Crippen molar-refractivity contribution < 1.29 is 4.79 Å². The summed E-state index contributed by atoms with van der Waals surface area (Å²) in [6, 6.07) is 9.33. The van der Waals surface area contributed by atoms with Crippen LogP contribution >= 0.6 is 0 Å². The number of likely N-dealkylation sites (tertiary alicyclic amines) is 1. The number of anilines is 1. The number of amides is 2. The number of aromatic nitrogens is 5. The van der Waals surface area contributed by atoms with E-state index in [-0.39, 0.29) is 12.1 Å². The number of nitrogens with one attached hydrogen (secondary N) is 1. The Labute approximate surface area is 145 Å². The Kier molecular flexibility index (Phi) is 3.93. The SMILES string of the molecule is Cn1cnnc1[C@H]1CCCN1C(=O)Nc1ccc(-n2cccn2)cc1. The number of carbonyl (C=O) groups is 1. The molecular formula is C17H19N7O. The van der Waals surface area contributed by atoms with Crippen LogP contribution in [0.4, 0.5) is 10.5 Å². The molecule has 0 radical (unpaired) electrons. The van der Waals surface area contributed by atoms with Crippen LogP contribution in [0.25, 0.3) is 5.69 Å². The molecule has 0 bridgehead atoms. The van der Waals surface area contributed by atoms with Gasteiger partial charge in [-0.15, -0.1) is 10.2 Å². The lowest BCUT2D eigenvalue weighted by atomic mass is 10.2. The Morgan fingerprint density at radius 2 is 2.12 bits per heavy atom. The molecule has 0 saturated carbocycles. The molecule has 0 spiro atoms. The fraction of sp³-hybridized carbons (Fsp3) is 0.294. The molecule has 25 heavy (non-hydrogen) atoms. The van der Waals surface area contributed by atoms with Crippen molar-refractivity contribution in [2.24, 2.45) is 7.05 Å². The number of benzene rings is 1. The minimum Gasteiger partial charge on any atom is -0.319 e. The first-order chi connectivity index (χ1) is 12.2. The number of aryl methyl sites for hydroxylation is 1. The van der Waals surface area contributed by atoms with Crippen molar-refractivity contribution in [2.45, 2.75) is 18.9 Å². The van der Waals surface area contributed by atoms with Crippen LogP contribution in [-0.2, 0) is 7.05 Å². The smallest absolute Gasteiger partial charge is 0.319 e. The van der Waals surface area contributed by atoms with E-state index in [2.05, 4.69) is 20.6 Å². The highest BCUT2D eigenvalue weighted by molar-refractivity contribution is 5.89. The summed E-state index contributed by atoms with van der Waals surface area (Å²) in [6.07, 6.45) is 7.14. The van der Waals surface area contributed by atoms with Crippen molar-refractivity contribution >= 4 is 11.7 Å². The zero-order chi connectivity index (χ0) is 17.2. The van der Waals surface area contributed by atoms with Gasteiger partial charge < -0.3 is 14.8 Å². The molecule has 1 aromatic carbocycles. The van der Waals surface area contributed by atoms with Crippen LogP contribution in [0.15, 0.2) is 49.1 Å². The fourth-order valence-electron chi connectivity index (χ4n) is 3.19. The highest BCUT2D eigenvalue weighted by atomic mass is 16.2. The molecule has 1 saturated heterocycles. The molecule has 1 aliphatic heterocycles. The van der Waals surface area contributed by atoms with Crippen LogP contribution in [0.5, 0.6) is 0 Å². The van der Waals surface area contributed by atoms with E-state index in [0.29, 0.717) is 6.54 Å². The normalized spacial score (nSPS) is 17.0. The maximum atomic E-state index is 12.7. The van der Waals surface area contributed by atoms with Crippen molar-refractivity contribution in [2.75, 3.05) is 11.9 Å². The quantitative estimate of drug-likeness (QED) is 0.795. The average molecular weight is 337 g/mol. The summed E-state index contributed by atoms with van der Waals surface area (Å²) in [5.74, 6) is 0.821. The Balaban J connectivity index is 1.47. The largest absolute Gasteiger partial charge is 0.322 e. The predicted octanol–water partition coefficient (Wildman–Crippen LogP) is 2.37. The molecule has 1 fully saturated rings. The molecule has 8 nitrogen and oxygen atoms in total. The fourth-order valence-corrected chi connectivity index (χ4v) is 3.19. The number of hydrogen-bond donors (Lipinski definition) is 1. The van der Waals surface area contributed by atoms with E-state index >= 15 is 0 Å². The topological polar surface area (TPSA) is 80.9 Å². The Morgan fingerprint density at radius 1 is 1.28 bits per heavy atom. The van der Waals surface area contributed by atoms with Gasteiger partial charge in [0.15, 0.2) is 5.82 Å². The summed E-state index contributed by atoms with van der Waals surface area (Å²) >= 11 is 0. The Bertz CT molecular complexity index is 854. The molecule has 3 heterocycles. The van der Waals surface area contributed by atoms with Gasteiger partial charge in [-0.05, 0) is 43.2 Å². The van der Waals surface area contributed by atoms with Gasteiger partial charge in [-0.2, -0.15) is 5.10 Å². The monoisotopic (exact) mass is 337 g/mol. The lowest BCUT2D eigenvalue weighted by Crippen LogP contribution is -2.35. The molecule has 8 heteroatoms. The molecule has 1 aliphatic rings. The number of carbonyl (C=O) groups excluding carboxylic acids is 1. The highest BCUT2D eigenvalue weighted by Gasteiger charge is 2.32. The highest BCUT2D eigenvalue weighted by Crippen LogP contribution is 2.30. The van der Waals surface area contributed by atoms with Crippen molar-refractivity contribution in [3.05, 3.63) is 54.9 Å². The number of nitrogens with zero attached hydrogens (tertiary/aromatic N) is 6. The molecular weight excluding hydrogens is 318 g/mol. The van der Waals surface area contributed by atoms with E-state index in [1.807, 2.05) is 53.0 Å². The van der Waals surface area contributed by atoms with Gasteiger partial charge in [0.1, 0.15) is 6.33 Å². The van der Waals surface area contributed by atoms with Crippen LogP contribution in [-0.4, -0.2) is 42.0 Å². The third-order valence-corrected chi connectivity index (χ3v) is 4.45. The van der Waals surface area contributed by atoms with E-state index in [9.17, 15) is 4.79 Å². The van der Waals surface area contributed by atoms with Gasteiger partial charge in [-0.25, -0.2) is 9.48 Å². The first-order valence-electron chi connectivity index (χ1n) is 8.24. The number of rotatable bonds is 3. The van der Waals surface area contributed by atoms with Crippen LogP contribution in [0, 0.1) is 0 Å². The van der Waals surface area contributed by atoms with E-state index < -0.39 is 0 Å². The van der Waals surface area contributed by atoms with E-state index in [1.54, 1.807) is 17.2 Å². The standard InChI is InChI=1S/C17H19N7O/c1-22-12-18-21-16(22)15-4-2-10-23(15)17(25)20-13-5-7-14(8-6-13)24-11-3-9-19-24/h3,5-9,11-12,15H,2,4,10H2,1H3,(H,20,25)/t15-/m1/s1. The minimum absolute atomic E-state index is 0.0316. The zero-order valence-electron chi connectivity index (χ0n) is 13.9. The lowest BCUT2D eigenvalue weighted by molar-refractivity contribution is 0.204. The summed E-state index contributed by atoms with van der Waals surface area (Å²) in [4.78, 5) is 14.5. The second-order valence-electron chi connectivity index (χ2n) is 6.08. The second-order valence-corrected chi connectivity index (χ2v) is 6.08. The summed E-state index contributed by atoms with van der Waals surface area (Å²) in [5, 5.41) is 15.2. The number of urea groups is 1. The summed E-state index contributed by atoms with van der Waals surface area (Å²) in [7, 11) is 1.90. The van der Waals surface area contributed by atoms with E-state index in [1.165, 1.54) is 0 Å². The Morgan fingerprint density at radius 3 is 2.80 bits per heavy atom. The lowest BCUT2D eigenvalue weighted by Gasteiger charge is -2.24. The van der Waals surface area contributed by atoms with Crippen molar-refractivity contribution in [1.29, 1.82) is 0 Å². The molecule has 2 aromatic heterocycles. The van der Waals surface area contributed by atoms with E-state index in [0.717, 1.165) is 30.0 Å².